The Morgan fingerprint density at radius 3 is 2.76 bits per heavy atom. The highest BCUT2D eigenvalue weighted by Crippen LogP contribution is 2.32. The van der Waals surface area contributed by atoms with Crippen molar-refractivity contribution in [3.63, 3.8) is 0 Å². The summed E-state index contributed by atoms with van der Waals surface area (Å²) in [6.07, 6.45) is 1.41. The Balaban J connectivity index is 1.65. The molecule has 0 radical (unpaired) electrons. The molecule has 0 aliphatic carbocycles. The number of ether oxygens (including phenoxy) is 1. The zero-order chi connectivity index (χ0) is 15.0. The largest absolute Gasteiger partial charge is 0.363 e. The molecule has 0 aromatic carbocycles. The molecule has 1 aromatic rings. The molecule has 21 heavy (non-hydrogen) atoms. The highest BCUT2D eigenvalue weighted by molar-refractivity contribution is 5.92. The van der Waals surface area contributed by atoms with E-state index in [1.807, 2.05) is 6.92 Å². The lowest BCUT2D eigenvalue weighted by atomic mass is 9.83. The van der Waals surface area contributed by atoms with Gasteiger partial charge >= 0.3 is 0 Å². The molecule has 3 rings (SSSR count). The van der Waals surface area contributed by atoms with Gasteiger partial charge in [0.1, 0.15) is 12.4 Å². The van der Waals surface area contributed by atoms with Gasteiger partial charge in [0.2, 0.25) is 5.91 Å². The molecule has 7 nitrogen and oxygen atoms in total. The number of aryl methyl sites for hydroxylation is 1. The minimum Gasteiger partial charge on any atom is -0.363 e. The second kappa shape index (κ2) is 5.14. The number of rotatable bonds is 1. The molecule has 1 aromatic heterocycles. The van der Waals surface area contributed by atoms with Gasteiger partial charge in [-0.05, 0) is 26.7 Å². The summed E-state index contributed by atoms with van der Waals surface area (Å²) in [6, 6.07) is 1.61. The summed E-state index contributed by atoms with van der Waals surface area (Å²) in [4.78, 5) is 25.4. The van der Waals surface area contributed by atoms with E-state index in [4.69, 9.17) is 9.26 Å². The molecule has 1 unspecified atom stereocenters. The highest BCUT2D eigenvalue weighted by atomic mass is 16.5. The number of aromatic nitrogens is 1. The topological polar surface area (TPSA) is 84.7 Å². The maximum atomic E-state index is 12.3. The number of morpholine rings is 1. The van der Waals surface area contributed by atoms with E-state index in [0.29, 0.717) is 37.4 Å². The monoisotopic (exact) mass is 293 g/mol. The molecule has 2 aliphatic rings. The lowest BCUT2D eigenvalue weighted by Gasteiger charge is -2.47. The smallest absolute Gasteiger partial charge is 0.276 e. The van der Waals surface area contributed by atoms with Gasteiger partial charge in [-0.15, -0.1) is 0 Å². The minimum absolute atomic E-state index is 0.0368. The van der Waals surface area contributed by atoms with Gasteiger partial charge in [0.25, 0.3) is 5.91 Å². The predicted octanol–water partition coefficient (Wildman–Crippen LogP) is 0.493. The quantitative estimate of drug-likeness (QED) is 0.814. The molecule has 114 valence electrons. The van der Waals surface area contributed by atoms with E-state index in [-0.39, 0.29) is 30.1 Å². The predicted molar refractivity (Wildman–Crippen MR) is 72.7 cm³/mol. The number of carbonyl (C=O) groups is 2. The van der Waals surface area contributed by atoms with Crippen molar-refractivity contribution >= 4 is 11.8 Å². The molecular formula is C14H19N3O4. The third-order valence-electron chi connectivity index (χ3n) is 4.40. The molecular weight excluding hydrogens is 274 g/mol. The molecule has 1 N–H and O–H groups in total. The lowest BCUT2D eigenvalue weighted by Crippen LogP contribution is -2.63. The van der Waals surface area contributed by atoms with E-state index in [1.54, 1.807) is 17.9 Å². The number of likely N-dealkylation sites (tertiary alicyclic amines) is 1. The zero-order valence-corrected chi connectivity index (χ0v) is 12.2. The number of hydrogen-bond donors (Lipinski definition) is 1. The van der Waals surface area contributed by atoms with Crippen LogP contribution in [0.15, 0.2) is 10.6 Å². The summed E-state index contributed by atoms with van der Waals surface area (Å²) in [5.41, 5.74) is -0.0147. The first kappa shape index (κ1) is 14.1. The summed E-state index contributed by atoms with van der Waals surface area (Å²) in [5.74, 6) is 0.428. The Hall–Kier alpha value is -1.89. The van der Waals surface area contributed by atoms with Crippen molar-refractivity contribution in [3.05, 3.63) is 17.5 Å². The Morgan fingerprint density at radius 2 is 2.19 bits per heavy atom. The van der Waals surface area contributed by atoms with Gasteiger partial charge < -0.3 is 19.5 Å². The first-order valence-electron chi connectivity index (χ1n) is 7.16. The Bertz CT molecular complexity index is 560. The van der Waals surface area contributed by atoms with Crippen LogP contribution in [0, 0.1) is 6.92 Å². The standard InChI is InChI=1S/C14H19N3O4/c1-9-7-11(16-21-9)13(19)17-5-3-14(4-6-17)10(2)15-12(18)8-20-14/h7,10H,3-6,8H2,1-2H3,(H,15,18). The second-order valence-corrected chi connectivity index (χ2v) is 5.76. The first-order valence-corrected chi connectivity index (χ1v) is 7.16. The lowest BCUT2D eigenvalue weighted by molar-refractivity contribution is -0.158. The molecule has 2 amide bonds. The van der Waals surface area contributed by atoms with Crippen molar-refractivity contribution in [2.45, 2.75) is 38.3 Å². The molecule has 0 saturated carbocycles. The van der Waals surface area contributed by atoms with Gasteiger partial charge in [0, 0.05) is 19.2 Å². The third kappa shape index (κ3) is 2.53. The molecule has 3 heterocycles. The van der Waals surface area contributed by atoms with Crippen molar-refractivity contribution in [2.75, 3.05) is 19.7 Å². The van der Waals surface area contributed by atoms with Crippen LogP contribution in [0.2, 0.25) is 0 Å². The van der Waals surface area contributed by atoms with Gasteiger partial charge in [0.15, 0.2) is 5.69 Å². The Morgan fingerprint density at radius 1 is 1.48 bits per heavy atom. The number of piperidine rings is 1. The van der Waals surface area contributed by atoms with E-state index in [9.17, 15) is 9.59 Å². The normalized spacial score (nSPS) is 25.0. The van der Waals surface area contributed by atoms with Crippen LogP contribution in [0.5, 0.6) is 0 Å². The average Bonchev–Trinajstić information content (AvgIpc) is 2.90. The van der Waals surface area contributed by atoms with Crippen LogP contribution in [0.3, 0.4) is 0 Å². The van der Waals surface area contributed by atoms with E-state index in [2.05, 4.69) is 10.5 Å². The number of nitrogens with zero attached hydrogens (tertiary/aromatic N) is 2. The fourth-order valence-corrected chi connectivity index (χ4v) is 3.04. The summed E-state index contributed by atoms with van der Waals surface area (Å²) >= 11 is 0. The molecule has 7 heteroatoms. The molecule has 2 fully saturated rings. The fraction of sp³-hybridized carbons (Fsp3) is 0.643. The van der Waals surface area contributed by atoms with Crippen molar-refractivity contribution < 1.29 is 18.8 Å². The molecule has 1 atom stereocenters. The molecule has 2 aliphatic heterocycles. The summed E-state index contributed by atoms with van der Waals surface area (Å²) in [5, 5.41) is 6.69. The second-order valence-electron chi connectivity index (χ2n) is 5.76. The first-order chi connectivity index (χ1) is 10.00. The van der Waals surface area contributed by atoms with Crippen LogP contribution in [0.1, 0.15) is 36.0 Å². The van der Waals surface area contributed by atoms with Gasteiger partial charge in [-0.2, -0.15) is 0 Å². The van der Waals surface area contributed by atoms with E-state index < -0.39 is 0 Å². The molecule has 0 bridgehead atoms. The van der Waals surface area contributed by atoms with Crippen molar-refractivity contribution in [1.29, 1.82) is 0 Å². The van der Waals surface area contributed by atoms with Gasteiger partial charge in [0.05, 0.1) is 11.6 Å². The van der Waals surface area contributed by atoms with E-state index >= 15 is 0 Å². The van der Waals surface area contributed by atoms with Crippen LogP contribution in [0.25, 0.3) is 0 Å². The van der Waals surface area contributed by atoms with Gasteiger partial charge in [-0.25, -0.2) is 0 Å². The van der Waals surface area contributed by atoms with Crippen LogP contribution in [-0.2, 0) is 9.53 Å². The zero-order valence-electron chi connectivity index (χ0n) is 12.2. The number of nitrogens with one attached hydrogen (secondary N) is 1. The van der Waals surface area contributed by atoms with Crippen LogP contribution in [0.4, 0.5) is 0 Å². The summed E-state index contributed by atoms with van der Waals surface area (Å²) < 4.78 is 10.7. The number of hydrogen-bond acceptors (Lipinski definition) is 5. The van der Waals surface area contributed by atoms with Gasteiger partial charge in [-0.3, -0.25) is 9.59 Å². The Labute approximate surface area is 122 Å². The summed E-state index contributed by atoms with van der Waals surface area (Å²) in [6.45, 7) is 4.99. The maximum absolute atomic E-state index is 12.3. The summed E-state index contributed by atoms with van der Waals surface area (Å²) in [7, 11) is 0. The van der Waals surface area contributed by atoms with Crippen LogP contribution in [-0.4, -0.2) is 53.2 Å². The van der Waals surface area contributed by atoms with Crippen molar-refractivity contribution in [1.82, 2.24) is 15.4 Å². The van der Waals surface area contributed by atoms with Gasteiger partial charge in [-0.1, -0.05) is 5.16 Å². The number of carbonyl (C=O) groups excluding carboxylic acids is 2. The molecule has 1 spiro atoms. The minimum atomic E-state index is -0.357. The van der Waals surface area contributed by atoms with Crippen LogP contribution < -0.4 is 5.32 Å². The highest BCUT2D eigenvalue weighted by Gasteiger charge is 2.45. The third-order valence-corrected chi connectivity index (χ3v) is 4.40. The van der Waals surface area contributed by atoms with Crippen molar-refractivity contribution in [2.24, 2.45) is 0 Å². The number of amides is 2. The van der Waals surface area contributed by atoms with E-state index in [0.717, 1.165) is 0 Å². The van der Waals surface area contributed by atoms with Crippen molar-refractivity contribution in [3.8, 4) is 0 Å². The maximum Gasteiger partial charge on any atom is 0.276 e. The Kier molecular flexibility index (Phi) is 3.44. The van der Waals surface area contributed by atoms with Crippen LogP contribution >= 0.6 is 0 Å². The van der Waals surface area contributed by atoms with E-state index in [1.165, 1.54) is 0 Å². The fourth-order valence-electron chi connectivity index (χ4n) is 3.04. The molecule has 2 saturated heterocycles. The SMILES string of the molecule is Cc1cc(C(=O)N2CCC3(CC2)OCC(=O)NC3C)no1. The average molecular weight is 293 g/mol.